The summed E-state index contributed by atoms with van der Waals surface area (Å²) >= 11 is 5.52. The Bertz CT molecular complexity index is 372. The van der Waals surface area contributed by atoms with E-state index in [-0.39, 0.29) is 0 Å². The van der Waals surface area contributed by atoms with Gasteiger partial charge in [0.05, 0.1) is 7.11 Å². The molecule has 0 aromatic heterocycles. The molecule has 0 aromatic carbocycles. The lowest BCUT2D eigenvalue weighted by Gasteiger charge is -2.14. The number of ether oxygens (including phenoxy) is 1. The molecule has 0 fully saturated rings. The fourth-order valence-corrected chi connectivity index (χ4v) is 1.08. The molecular formula is C12H16ClF2NO2. The Morgan fingerprint density at radius 2 is 2.11 bits per heavy atom. The van der Waals surface area contributed by atoms with E-state index in [9.17, 15) is 13.6 Å². The van der Waals surface area contributed by atoms with E-state index in [4.69, 9.17) is 11.6 Å². The molecule has 0 aliphatic heterocycles. The molecule has 3 nitrogen and oxygen atoms in total. The summed E-state index contributed by atoms with van der Waals surface area (Å²) in [5, 5.41) is 0.350. The first-order valence-corrected chi connectivity index (χ1v) is 5.76. The Balaban J connectivity index is 5.18. The quantitative estimate of drug-likeness (QED) is 0.549. The molecular weight excluding hydrogens is 264 g/mol. The Kier molecular flexibility index (Phi) is 7.43. The summed E-state index contributed by atoms with van der Waals surface area (Å²) in [5.41, 5.74) is -0.495. The minimum atomic E-state index is -3.71. The SMILES string of the molecule is CCC/C=C(/C=N/C=C(\C)Cl)C(F)(F)C(=O)OC. The van der Waals surface area contributed by atoms with Crippen LogP contribution >= 0.6 is 11.6 Å². The lowest BCUT2D eigenvalue weighted by Crippen LogP contribution is -2.32. The standard InChI is InChI=1S/C12H16ClF2NO2/c1-4-5-6-10(8-16-7-9(2)13)12(14,15)11(17)18-3/h6-8H,4-5H2,1-3H3/b9-7+,10-6-,16-8+. The van der Waals surface area contributed by atoms with Gasteiger partial charge in [-0.1, -0.05) is 31.0 Å². The molecule has 0 heterocycles. The summed E-state index contributed by atoms with van der Waals surface area (Å²) < 4.78 is 31.4. The predicted octanol–water partition coefficient (Wildman–Crippen LogP) is 3.69. The first-order chi connectivity index (χ1) is 8.36. The van der Waals surface area contributed by atoms with Crippen molar-refractivity contribution in [1.29, 1.82) is 0 Å². The molecule has 102 valence electrons. The Morgan fingerprint density at radius 3 is 2.56 bits per heavy atom. The van der Waals surface area contributed by atoms with Crippen molar-refractivity contribution in [2.75, 3.05) is 7.11 Å². The highest BCUT2D eigenvalue weighted by Gasteiger charge is 2.43. The number of carbonyl (C=O) groups excluding carboxylic acids is 1. The van der Waals surface area contributed by atoms with E-state index in [0.29, 0.717) is 17.9 Å². The van der Waals surface area contributed by atoms with Crippen LogP contribution in [0.15, 0.2) is 27.9 Å². The first kappa shape index (κ1) is 16.8. The molecule has 0 radical (unpaired) electrons. The second-order valence-electron chi connectivity index (χ2n) is 3.51. The zero-order valence-electron chi connectivity index (χ0n) is 10.5. The van der Waals surface area contributed by atoms with Crippen molar-refractivity contribution in [3.8, 4) is 0 Å². The van der Waals surface area contributed by atoms with Gasteiger partial charge in [-0.25, -0.2) is 4.79 Å². The summed E-state index contributed by atoms with van der Waals surface area (Å²) in [6.07, 6.45) is 4.49. The van der Waals surface area contributed by atoms with Gasteiger partial charge in [0.25, 0.3) is 0 Å². The topological polar surface area (TPSA) is 38.7 Å². The number of unbranched alkanes of at least 4 members (excludes halogenated alkanes) is 1. The van der Waals surface area contributed by atoms with Gasteiger partial charge in [-0.05, 0) is 13.3 Å². The van der Waals surface area contributed by atoms with Gasteiger partial charge >= 0.3 is 11.9 Å². The maximum absolute atomic E-state index is 13.6. The normalized spacial score (nSPS) is 14.1. The van der Waals surface area contributed by atoms with Crippen LogP contribution in [0.4, 0.5) is 8.78 Å². The molecule has 0 aliphatic rings. The number of alkyl halides is 2. The summed E-state index contributed by atoms with van der Waals surface area (Å²) in [6.45, 7) is 3.40. The first-order valence-electron chi connectivity index (χ1n) is 5.38. The van der Waals surface area contributed by atoms with E-state index < -0.39 is 17.5 Å². The zero-order chi connectivity index (χ0) is 14.2. The third kappa shape index (κ3) is 5.40. The predicted molar refractivity (Wildman–Crippen MR) is 68.1 cm³/mol. The Morgan fingerprint density at radius 1 is 1.50 bits per heavy atom. The van der Waals surface area contributed by atoms with E-state index in [0.717, 1.165) is 13.3 Å². The largest absolute Gasteiger partial charge is 0.464 e. The molecule has 0 aliphatic carbocycles. The van der Waals surface area contributed by atoms with Crippen molar-refractivity contribution in [3.63, 3.8) is 0 Å². The van der Waals surface area contributed by atoms with Crippen molar-refractivity contribution in [1.82, 2.24) is 0 Å². The van der Waals surface area contributed by atoms with Crippen LogP contribution in [0.2, 0.25) is 0 Å². The van der Waals surface area contributed by atoms with Crippen molar-refractivity contribution >= 4 is 23.8 Å². The van der Waals surface area contributed by atoms with Gasteiger partial charge in [-0.2, -0.15) is 8.78 Å². The monoisotopic (exact) mass is 279 g/mol. The number of halogens is 3. The molecule has 18 heavy (non-hydrogen) atoms. The van der Waals surface area contributed by atoms with Crippen LogP contribution in [-0.4, -0.2) is 25.2 Å². The summed E-state index contributed by atoms with van der Waals surface area (Å²) in [7, 11) is 0.910. The van der Waals surface area contributed by atoms with Crippen LogP contribution in [0.5, 0.6) is 0 Å². The number of allylic oxidation sites excluding steroid dienone is 2. The zero-order valence-corrected chi connectivity index (χ0v) is 11.3. The molecule has 0 unspecified atom stereocenters. The van der Waals surface area contributed by atoms with Gasteiger partial charge in [0.2, 0.25) is 0 Å². The third-order valence-corrected chi connectivity index (χ3v) is 2.02. The van der Waals surface area contributed by atoms with Gasteiger partial charge in [0.15, 0.2) is 0 Å². The number of esters is 1. The molecule has 0 saturated heterocycles. The minimum absolute atomic E-state index is 0.350. The van der Waals surface area contributed by atoms with Crippen LogP contribution in [0.1, 0.15) is 26.7 Å². The lowest BCUT2D eigenvalue weighted by atomic mass is 10.1. The van der Waals surface area contributed by atoms with Crippen LogP contribution in [0.3, 0.4) is 0 Å². The third-order valence-electron chi connectivity index (χ3n) is 1.92. The number of aliphatic imine (C=N–C) groups is 1. The lowest BCUT2D eigenvalue weighted by molar-refractivity contribution is -0.162. The van der Waals surface area contributed by atoms with Gasteiger partial charge < -0.3 is 4.74 Å². The average Bonchev–Trinajstić information content (AvgIpc) is 2.31. The Labute approximate surface area is 110 Å². The highest BCUT2D eigenvalue weighted by atomic mass is 35.5. The van der Waals surface area contributed by atoms with Gasteiger partial charge in [-0.3, -0.25) is 4.99 Å². The van der Waals surface area contributed by atoms with Crippen LogP contribution in [-0.2, 0) is 9.53 Å². The molecule has 0 spiro atoms. The molecule has 0 rings (SSSR count). The van der Waals surface area contributed by atoms with Gasteiger partial charge in [0.1, 0.15) is 0 Å². The van der Waals surface area contributed by atoms with Crippen molar-refractivity contribution in [2.45, 2.75) is 32.6 Å². The number of carbonyl (C=O) groups is 1. The van der Waals surface area contributed by atoms with E-state index in [1.165, 1.54) is 12.3 Å². The van der Waals surface area contributed by atoms with Crippen LogP contribution < -0.4 is 0 Å². The number of hydrogen-bond acceptors (Lipinski definition) is 3. The van der Waals surface area contributed by atoms with E-state index >= 15 is 0 Å². The van der Waals surface area contributed by atoms with Crippen molar-refractivity contribution in [3.05, 3.63) is 22.9 Å². The number of methoxy groups -OCH3 is 1. The molecule has 6 heteroatoms. The number of rotatable bonds is 6. The van der Waals surface area contributed by atoms with Gasteiger partial charge in [-0.15, -0.1) is 0 Å². The van der Waals surface area contributed by atoms with Gasteiger partial charge in [0, 0.05) is 23.0 Å². The highest BCUT2D eigenvalue weighted by Crippen LogP contribution is 2.25. The molecule has 0 saturated carbocycles. The molecule has 0 bridgehead atoms. The Hall–Kier alpha value is -1.23. The second kappa shape index (κ2) is 7.97. The maximum Gasteiger partial charge on any atom is 0.381 e. The summed E-state index contributed by atoms with van der Waals surface area (Å²) in [5.74, 6) is -5.32. The summed E-state index contributed by atoms with van der Waals surface area (Å²) in [4.78, 5) is 14.7. The molecule has 0 amide bonds. The summed E-state index contributed by atoms with van der Waals surface area (Å²) in [6, 6.07) is 0. The highest BCUT2D eigenvalue weighted by molar-refractivity contribution is 6.29. The number of nitrogens with zero attached hydrogens (tertiary/aromatic N) is 1. The van der Waals surface area contributed by atoms with E-state index in [2.05, 4.69) is 9.73 Å². The average molecular weight is 280 g/mol. The van der Waals surface area contributed by atoms with Crippen LogP contribution in [0, 0.1) is 0 Å². The number of hydrogen-bond donors (Lipinski definition) is 0. The fraction of sp³-hybridized carbons (Fsp3) is 0.500. The smallest absolute Gasteiger partial charge is 0.381 e. The maximum atomic E-state index is 13.6. The molecule has 0 N–H and O–H groups in total. The van der Waals surface area contributed by atoms with E-state index in [1.54, 1.807) is 6.92 Å². The van der Waals surface area contributed by atoms with E-state index in [1.807, 2.05) is 6.92 Å². The van der Waals surface area contributed by atoms with Crippen LogP contribution in [0.25, 0.3) is 0 Å². The minimum Gasteiger partial charge on any atom is -0.464 e. The molecule has 0 atom stereocenters. The van der Waals surface area contributed by atoms with Crippen molar-refractivity contribution in [2.24, 2.45) is 4.99 Å². The fourth-order valence-electron chi connectivity index (χ4n) is 1.03. The van der Waals surface area contributed by atoms with Crippen molar-refractivity contribution < 1.29 is 18.3 Å². The molecule has 0 aromatic rings. The second-order valence-corrected chi connectivity index (χ2v) is 4.10.